The highest BCUT2D eigenvalue weighted by Crippen LogP contribution is 2.54. The summed E-state index contributed by atoms with van der Waals surface area (Å²) in [6.07, 6.45) is 19.3. The standard InChI is InChI=1S/3C15H24O4.C15H24O2/c3*1-8-4-7-12(10(3)15(16)17)13-11(8)6-5-9(2)14(13)19-18;1-9-4-6-12-10(2)5-7-13(14(12)8-9)11(3)15(16)17/h8-12,18H,4-7H2,1-3H3,(H,16,17);5,8,10-14,18H,4,6-7H2,1-3H3,(H,16,17);8,10-14,18H,2,4-7H2,1,3H3,(H,16,17);8,10-14H,4-7H2,1-3H3,(H,16,17)/t8-,9?,10-,11+,12+;2*8-,10-,11+,12+,13+,14?;10-,11-,12+,13+,14+/m1111/s1. The summed E-state index contributed by atoms with van der Waals surface area (Å²) in [5.74, 6) is 2.13. The lowest BCUT2D eigenvalue weighted by molar-refractivity contribution is -0.295. The Hall–Kier alpha value is -3.56. The normalized spacial score (nSPS) is 39.1. The van der Waals surface area contributed by atoms with Crippen LogP contribution in [0.2, 0.25) is 0 Å². The Morgan fingerprint density at radius 1 is 0.554 bits per heavy atom. The van der Waals surface area contributed by atoms with Crippen LogP contribution in [0, 0.1) is 118 Å². The second-order valence-corrected chi connectivity index (χ2v) is 25.0. The molecule has 0 aromatic carbocycles. The number of allylic oxidation sites excluding steroid dienone is 5. The van der Waals surface area contributed by atoms with Gasteiger partial charge in [-0.05, 0) is 196 Å². The van der Waals surface area contributed by atoms with Crippen LogP contribution >= 0.6 is 0 Å². The van der Waals surface area contributed by atoms with Gasteiger partial charge in [0, 0.05) is 5.92 Å². The maximum Gasteiger partial charge on any atom is 0.306 e. The lowest BCUT2D eigenvalue weighted by Gasteiger charge is -2.49. The molecule has 0 saturated heterocycles. The van der Waals surface area contributed by atoms with Gasteiger partial charge in [-0.25, -0.2) is 15.0 Å². The van der Waals surface area contributed by atoms with Gasteiger partial charge >= 0.3 is 23.9 Å². The Morgan fingerprint density at radius 3 is 1.55 bits per heavy atom. The van der Waals surface area contributed by atoms with E-state index in [2.05, 4.69) is 63.1 Å². The van der Waals surface area contributed by atoms with Gasteiger partial charge in [0.2, 0.25) is 0 Å². The van der Waals surface area contributed by atoms with Crippen LogP contribution in [0.3, 0.4) is 0 Å². The molecule has 5 saturated carbocycles. The van der Waals surface area contributed by atoms with E-state index in [1.165, 1.54) is 24.8 Å². The summed E-state index contributed by atoms with van der Waals surface area (Å²) in [6.45, 7) is 26.4. The van der Waals surface area contributed by atoms with Crippen molar-refractivity contribution in [3.63, 3.8) is 0 Å². The van der Waals surface area contributed by atoms with E-state index >= 15 is 0 Å². The third-order valence-electron chi connectivity index (χ3n) is 20.9. The summed E-state index contributed by atoms with van der Waals surface area (Å²) >= 11 is 0. The van der Waals surface area contributed by atoms with Crippen LogP contribution < -0.4 is 0 Å². The van der Waals surface area contributed by atoms with E-state index < -0.39 is 41.8 Å². The monoisotopic (exact) mass is 1040 g/mol. The largest absolute Gasteiger partial charge is 0.481 e. The molecule has 5 fully saturated rings. The zero-order chi connectivity index (χ0) is 55.0. The number of carboxylic acids is 4. The molecule has 0 aliphatic heterocycles. The van der Waals surface area contributed by atoms with Gasteiger partial charge in [0.1, 0.15) is 18.0 Å². The van der Waals surface area contributed by atoms with Crippen LogP contribution in [0.15, 0.2) is 46.8 Å². The summed E-state index contributed by atoms with van der Waals surface area (Å²) in [5, 5.41) is 64.8. The third kappa shape index (κ3) is 13.8. The van der Waals surface area contributed by atoms with Gasteiger partial charge in [0.25, 0.3) is 0 Å². The molecule has 0 amide bonds. The summed E-state index contributed by atoms with van der Waals surface area (Å²) in [4.78, 5) is 59.2. The number of rotatable bonds is 11. The van der Waals surface area contributed by atoms with E-state index in [1.54, 1.807) is 20.8 Å². The highest BCUT2D eigenvalue weighted by molar-refractivity contribution is 5.71. The van der Waals surface area contributed by atoms with Crippen molar-refractivity contribution < 1.29 is 70.0 Å². The van der Waals surface area contributed by atoms with E-state index in [4.69, 9.17) is 4.89 Å². The molecule has 3 unspecified atom stereocenters. The van der Waals surface area contributed by atoms with Crippen molar-refractivity contribution in [2.75, 3.05) is 0 Å². The van der Waals surface area contributed by atoms with E-state index in [9.17, 15) is 55.4 Å². The van der Waals surface area contributed by atoms with Gasteiger partial charge in [-0.15, -0.1) is 0 Å². The summed E-state index contributed by atoms with van der Waals surface area (Å²) in [5.41, 5.74) is 4.47. The average molecular weight is 1040 g/mol. The highest BCUT2D eigenvalue weighted by Gasteiger charge is 2.50. The Kier molecular flexibility index (Phi) is 22.5. The van der Waals surface area contributed by atoms with E-state index in [1.807, 2.05) is 20.8 Å². The molecule has 0 spiro atoms. The first kappa shape index (κ1) is 61.3. The topological polar surface area (TPSA) is 238 Å². The van der Waals surface area contributed by atoms with Crippen molar-refractivity contribution in [3.05, 3.63) is 46.8 Å². The smallest absolute Gasteiger partial charge is 0.306 e. The van der Waals surface area contributed by atoms with Crippen LogP contribution in [0.25, 0.3) is 0 Å². The molecule has 14 nitrogen and oxygen atoms in total. The van der Waals surface area contributed by atoms with Crippen LogP contribution in [0.4, 0.5) is 0 Å². The second-order valence-electron chi connectivity index (χ2n) is 25.0. The molecule has 22 atom stereocenters. The zero-order valence-corrected chi connectivity index (χ0v) is 46.7. The number of hydrogen-bond donors (Lipinski definition) is 7. The molecule has 74 heavy (non-hydrogen) atoms. The zero-order valence-electron chi connectivity index (χ0n) is 46.7. The minimum atomic E-state index is -0.763. The van der Waals surface area contributed by atoms with Crippen molar-refractivity contribution in [1.29, 1.82) is 0 Å². The van der Waals surface area contributed by atoms with Crippen molar-refractivity contribution in [1.82, 2.24) is 0 Å². The predicted octanol–water partition coefficient (Wildman–Crippen LogP) is 13.7. The maximum atomic E-state index is 11.3. The number of aliphatic carboxylic acids is 4. The Labute approximate surface area is 442 Å². The van der Waals surface area contributed by atoms with Gasteiger partial charge < -0.3 is 25.3 Å². The van der Waals surface area contributed by atoms with Crippen molar-refractivity contribution in [2.45, 2.75) is 185 Å². The number of carbonyl (C=O) groups is 4. The summed E-state index contributed by atoms with van der Waals surface area (Å²) in [6, 6.07) is 0. The molecular formula is C60H96O14. The number of carboxylic acid groups (broad SMARTS) is 4. The van der Waals surface area contributed by atoms with E-state index in [0.717, 1.165) is 106 Å². The molecule has 0 aromatic rings. The number of hydrogen-bond acceptors (Lipinski definition) is 10. The average Bonchev–Trinajstić information content (AvgIpc) is 3.36. The van der Waals surface area contributed by atoms with E-state index in [0.29, 0.717) is 53.1 Å². The van der Waals surface area contributed by atoms with Gasteiger partial charge in [-0.3, -0.25) is 29.7 Å². The van der Waals surface area contributed by atoms with Gasteiger partial charge in [0.05, 0.1) is 23.7 Å². The van der Waals surface area contributed by atoms with Crippen molar-refractivity contribution in [2.24, 2.45) is 118 Å². The van der Waals surface area contributed by atoms with Crippen LogP contribution in [0.1, 0.15) is 172 Å². The van der Waals surface area contributed by atoms with Gasteiger partial charge in [-0.1, -0.05) is 106 Å². The van der Waals surface area contributed by atoms with Crippen LogP contribution in [-0.4, -0.2) is 72.3 Å². The molecule has 8 aliphatic carbocycles. The first-order chi connectivity index (χ1) is 34.9. The highest BCUT2D eigenvalue weighted by atomic mass is 17.1. The quantitative estimate of drug-likeness (QED) is 0.0579. The van der Waals surface area contributed by atoms with E-state index in [-0.39, 0.29) is 53.4 Å². The Bertz CT molecular complexity index is 2000. The fourth-order valence-electron chi connectivity index (χ4n) is 15.9. The minimum absolute atomic E-state index is 0.00333. The summed E-state index contributed by atoms with van der Waals surface area (Å²) < 4.78 is 0. The van der Waals surface area contributed by atoms with Crippen LogP contribution in [-0.2, 0) is 33.8 Å². The molecular weight excluding hydrogens is 945 g/mol. The Morgan fingerprint density at radius 2 is 1.03 bits per heavy atom. The maximum absolute atomic E-state index is 11.3. The lowest BCUT2D eigenvalue weighted by Crippen LogP contribution is -2.48. The predicted molar refractivity (Wildman–Crippen MR) is 283 cm³/mol. The van der Waals surface area contributed by atoms with Crippen molar-refractivity contribution >= 4 is 23.9 Å². The molecule has 0 radical (unpaired) electrons. The second kappa shape index (κ2) is 27.2. The molecule has 8 rings (SSSR count). The summed E-state index contributed by atoms with van der Waals surface area (Å²) in [7, 11) is 0. The molecule has 14 heteroatoms. The van der Waals surface area contributed by atoms with Crippen LogP contribution in [0.5, 0.6) is 0 Å². The molecule has 420 valence electrons. The minimum Gasteiger partial charge on any atom is -0.481 e. The Balaban J connectivity index is 0.000000183. The van der Waals surface area contributed by atoms with Gasteiger partial charge in [0.15, 0.2) is 0 Å². The molecule has 0 bridgehead atoms. The van der Waals surface area contributed by atoms with Crippen molar-refractivity contribution in [3.8, 4) is 0 Å². The fourth-order valence-corrected chi connectivity index (χ4v) is 15.9. The lowest BCUT2D eigenvalue weighted by atomic mass is 9.57. The first-order valence-corrected chi connectivity index (χ1v) is 28.5. The molecule has 8 aliphatic rings. The third-order valence-corrected chi connectivity index (χ3v) is 20.9. The fraction of sp³-hybridized carbons (Fsp3) is 0.800. The van der Waals surface area contributed by atoms with Gasteiger partial charge in [-0.2, -0.15) is 0 Å². The molecule has 0 aromatic heterocycles. The molecule has 7 N–H and O–H groups in total. The number of fused-ring (bicyclic) bond motifs is 4. The molecule has 0 heterocycles. The SMILES string of the molecule is C=C1CC[C@@H]2[C@H](C1OO)[C@H]([C@@H](C)C(=O)O)CC[C@H]2C.CC1=CC[C@@H]2[C@H](C1OO)[C@H]([C@@H](C)C(=O)O)CC[C@H]2C.CC1=C[C@H]2[C@@H](CC1)[C@H](C)CC[C@H]2[C@@H](C)C(=O)O.CC1CC[C@@H]2C(=C1OO)[C@H]([C@@H](C)C(=O)O)CC[C@H]2C. The first-order valence-electron chi connectivity index (χ1n) is 28.5.